The number of carbonyl (C=O) groups excluding carboxylic acids is 1. The second-order valence-corrected chi connectivity index (χ2v) is 17.1. The highest BCUT2D eigenvalue weighted by Gasteiger charge is 2.36. The fourth-order valence-electron chi connectivity index (χ4n) is 4.48. The van der Waals surface area contributed by atoms with Crippen molar-refractivity contribution in [3.05, 3.63) is 89.5 Å². The van der Waals surface area contributed by atoms with Gasteiger partial charge in [0.15, 0.2) is 8.32 Å². The average molecular weight is 544 g/mol. The third-order valence-electron chi connectivity index (χ3n) is 8.12. The maximum Gasteiger partial charge on any atom is 0.191 e. The first-order chi connectivity index (χ1) is 18.6. The van der Waals surface area contributed by atoms with Crippen molar-refractivity contribution >= 4 is 31.7 Å². The topological polar surface area (TPSA) is 29.5 Å². The third kappa shape index (κ3) is 9.18. The van der Waals surface area contributed by atoms with Crippen molar-refractivity contribution in [1.29, 1.82) is 0 Å². The van der Waals surface area contributed by atoms with Crippen LogP contribution in [-0.4, -0.2) is 21.2 Å². The van der Waals surface area contributed by atoms with E-state index in [9.17, 15) is 4.79 Å². The Balaban J connectivity index is 1.60. The highest BCUT2D eigenvalue weighted by molar-refractivity contribution is 6.74. The Morgan fingerprint density at radius 2 is 1.15 bits per heavy atom. The zero-order chi connectivity index (χ0) is 28.3. The molecule has 3 aromatic carbocycles. The van der Waals surface area contributed by atoms with Crippen LogP contribution in [0.2, 0.25) is 18.1 Å². The number of carbonyl (C=O) groups is 1. The summed E-state index contributed by atoms with van der Waals surface area (Å²) < 4.78 is 6.32. The minimum atomic E-state index is -1.62. The predicted octanol–water partition coefficient (Wildman–Crippen LogP) is 10.4. The molecule has 0 aliphatic rings. The van der Waals surface area contributed by atoms with E-state index in [2.05, 4.69) is 94.2 Å². The Kier molecular flexibility index (Phi) is 11.6. The molecule has 0 amide bonds. The van der Waals surface area contributed by atoms with E-state index in [1.165, 1.54) is 43.2 Å². The molecule has 0 aromatic heterocycles. The van der Waals surface area contributed by atoms with E-state index in [0.717, 1.165) is 49.2 Å². The lowest BCUT2D eigenvalue weighted by Gasteiger charge is -2.36. The van der Waals surface area contributed by atoms with E-state index < -0.39 is 8.32 Å². The van der Waals surface area contributed by atoms with Gasteiger partial charge in [-0.25, -0.2) is 0 Å². The molecule has 39 heavy (non-hydrogen) atoms. The van der Waals surface area contributed by atoms with Crippen molar-refractivity contribution in [2.24, 2.45) is 0 Å². The number of benzene rings is 3. The fourth-order valence-corrected chi connectivity index (χ4v) is 5.57. The van der Waals surface area contributed by atoms with Crippen molar-refractivity contribution < 1.29 is 9.22 Å². The van der Waals surface area contributed by atoms with Crippen molar-refractivity contribution in [3.8, 4) is 0 Å². The molecule has 0 fully saturated rings. The van der Waals surface area contributed by atoms with Gasteiger partial charge in [-0.1, -0.05) is 71.2 Å². The summed E-state index contributed by atoms with van der Waals surface area (Å²) >= 11 is 0. The molecule has 0 aliphatic carbocycles. The lowest BCUT2D eigenvalue weighted by Crippen LogP contribution is -2.40. The van der Waals surface area contributed by atoms with Crippen LogP contribution in [0, 0.1) is 0 Å². The lowest BCUT2D eigenvalue weighted by molar-refractivity contribution is 0.112. The number of rotatable bonds is 15. The van der Waals surface area contributed by atoms with Crippen molar-refractivity contribution in [3.63, 3.8) is 0 Å². The van der Waals surface area contributed by atoms with E-state index in [0.29, 0.717) is 5.56 Å². The number of nitrogens with zero attached hydrogens (tertiary/aromatic N) is 1. The molecule has 0 atom stereocenters. The number of unbranched alkanes of at least 4 members (excludes halogenated alkanes) is 4. The van der Waals surface area contributed by atoms with Gasteiger partial charge in [-0.3, -0.25) is 4.79 Å². The molecule has 0 aliphatic heterocycles. The molecule has 0 N–H and O–H groups in total. The van der Waals surface area contributed by atoms with Gasteiger partial charge in [0.2, 0.25) is 0 Å². The molecular formula is C35H49NO2Si. The first-order valence-electron chi connectivity index (χ1n) is 14.8. The molecule has 0 saturated heterocycles. The Morgan fingerprint density at radius 3 is 1.62 bits per heavy atom. The van der Waals surface area contributed by atoms with Crippen LogP contribution >= 0.6 is 0 Å². The average Bonchev–Trinajstić information content (AvgIpc) is 2.92. The van der Waals surface area contributed by atoms with E-state index in [-0.39, 0.29) is 5.04 Å². The second kappa shape index (κ2) is 14.6. The number of aryl methyl sites for hydroxylation is 2. The largest absolute Gasteiger partial charge is 0.417 e. The molecule has 0 radical (unpaired) electrons. The third-order valence-corrected chi connectivity index (χ3v) is 12.7. The van der Waals surface area contributed by atoms with Crippen LogP contribution < -0.4 is 4.90 Å². The molecule has 210 valence electrons. The highest BCUT2D eigenvalue weighted by Crippen LogP contribution is 2.37. The maximum atomic E-state index is 11.2. The minimum absolute atomic E-state index is 0.284. The molecule has 3 aromatic rings. The van der Waals surface area contributed by atoms with Crippen LogP contribution in [0.4, 0.5) is 17.1 Å². The van der Waals surface area contributed by atoms with E-state index in [4.69, 9.17) is 4.43 Å². The maximum absolute atomic E-state index is 11.2. The Labute approximate surface area is 238 Å². The zero-order valence-electron chi connectivity index (χ0n) is 25.1. The highest BCUT2D eigenvalue weighted by atomic mass is 28.4. The van der Waals surface area contributed by atoms with Crippen molar-refractivity contribution in [2.45, 2.75) is 97.2 Å². The van der Waals surface area contributed by atoms with Gasteiger partial charge >= 0.3 is 0 Å². The van der Waals surface area contributed by atoms with E-state index in [1.807, 2.05) is 24.3 Å². The number of hydrogen-bond donors (Lipinski definition) is 0. The van der Waals surface area contributed by atoms with Crippen LogP contribution in [0.5, 0.6) is 0 Å². The molecule has 3 rings (SSSR count). The summed E-state index contributed by atoms with van der Waals surface area (Å²) in [4.78, 5) is 13.5. The monoisotopic (exact) mass is 543 g/mol. The van der Waals surface area contributed by atoms with Crippen LogP contribution in [0.15, 0.2) is 72.8 Å². The zero-order valence-corrected chi connectivity index (χ0v) is 26.1. The minimum Gasteiger partial charge on any atom is -0.417 e. The SMILES string of the molecule is CCCCc1ccc(N(c2ccc(C=O)cc2)c2ccc(CCCCCCO[Si](C)(C)C(C)(C)C)cc2)cc1. The quantitative estimate of drug-likeness (QED) is 0.108. The van der Waals surface area contributed by atoms with Gasteiger partial charge in [0.25, 0.3) is 0 Å². The van der Waals surface area contributed by atoms with Gasteiger partial charge in [-0.05, 0) is 110 Å². The molecule has 3 nitrogen and oxygen atoms in total. The summed E-state index contributed by atoms with van der Waals surface area (Å²) in [5.74, 6) is 0. The summed E-state index contributed by atoms with van der Waals surface area (Å²) in [6.07, 6.45) is 10.3. The number of hydrogen-bond acceptors (Lipinski definition) is 3. The van der Waals surface area contributed by atoms with Crippen LogP contribution in [0.25, 0.3) is 0 Å². The van der Waals surface area contributed by atoms with Gasteiger partial charge < -0.3 is 9.33 Å². The van der Waals surface area contributed by atoms with Crippen molar-refractivity contribution in [1.82, 2.24) is 0 Å². The van der Waals surface area contributed by atoms with Gasteiger partial charge in [0, 0.05) is 29.2 Å². The normalized spacial score (nSPS) is 11.9. The molecule has 0 bridgehead atoms. The lowest BCUT2D eigenvalue weighted by atomic mass is 10.0. The summed E-state index contributed by atoms with van der Waals surface area (Å²) in [6.45, 7) is 14.7. The smallest absolute Gasteiger partial charge is 0.191 e. The first-order valence-corrected chi connectivity index (χ1v) is 17.7. The molecule has 0 spiro atoms. The summed E-state index contributed by atoms with van der Waals surface area (Å²) in [5, 5.41) is 0.284. The predicted molar refractivity (Wildman–Crippen MR) is 170 cm³/mol. The molecule has 0 heterocycles. The van der Waals surface area contributed by atoms with Crippen LogP contribution in [0.1, 0.15) is 87.7 Å². The standard InChI is InChI=1S/C35H49NO2Si/c1-7-8-13-29-15-21-32(22-16-29)36(34-25-19-31(28-37)20-26-34)33-23-17-30(18-24-33)14-11-9-10-12-27-38-39(5,6)35(2,3)4/h15-26,28H,7-14,27H2,1-6H3. The fraction of sp³-hybridized carbons (Fsp3) is 0.457. The van der Waals surface area contributed by atoms with Crippen LogP contribution in [-0.2, 0) is 17.3 Å². The summed E-state index contributed by atoms with van der Waals surface area (Å²) in [5.41, 5.74) is 6.75. The summed E-state index contributed by atoms with van der Waals surface area (Å²) in [6, 6.07) is 25.7. The van der Waals surface area contributed by atoms with E-state index >= 15 is 0 Å². The Morgan fingerprint density at radius 1 is 0.692 bits per heavy atom. The first kappa shape index (κ1) is 30.8. The van der Waals surface area contributed by atoms with E-state index in [1.54, 1.807) is 0 Å². The van der Waals surface area contributed by atoms with Crippen LogP contribution in [0.3, 0.4) is 0 Å². The number of aldehydes is 1. The molecule has 0 unspecified atom stereocenters. The van der Waals surface area contributed by atoms with Crippen molar-refractivity contribution in [2.75, 3.05) is 11.5 Å². The molecular weight excluding hydrogens is 494 g/mol. The van der Waals surface area contributed by atoms with Gasteiger partial charge in [0.05, 0.1) is 0 Å². The van der Waals surface area contributed by atoms with Gasteiger partial charge in [0.1, 0.15) is 6.29 Å². The molecule has 4 heteroatoms. The summed E-state index contributed by atoms with van der Waals surface area (Å²) in [7, 11) is -1.62. The molecule has 0 saturated carbocycles. The Bertz CT molecular complexity index is 1130. The van der Waals surface area contributed by atoms with Gasteiger partial charge in [-0.2, -0.15) is 0 Å². The Hall–Kier alpha value is -2.69. The van der Waals surface area contributed by atoms with Gasteiger partial charge in [-0.15, -0.1) is 0 Å². The second-order valence-electron chi connectivity index (χ2n) is 12.3. The number of anilines is 3.